The van der Waals surface area contributed by atoms with Gasteiger partial charge in [-0.3, -0.25) is 13.9 Å². The summed E-state index contributed by atoms with van der Waals surface area (Å²) < 4.78 is 55.1. The number of nitrogens with zero attached hydrogens (tertiary/aromatic N) is 2. The number of aromatic nitrogens is 2. The number of ether oxygens (including phenoxy) is 1. The molecule has 1 atom stereocenters. The summed E-state index contributed by atoms with van der Waals surface area (Å²) in [5.41, 5.74) is 0.749. The molecule has 2 aromatic heterocycles. The zero-order valence-electron chi connectivity index (χ0n) is 20.1. The molecule has 2 aromatic rings. The molecule has 7 nitrogen and oxygen atoms in total. The van der Waals surface area contributed by atoms with Gasteiger partial charge in [0.2, 0.25) is 0 Å². The lowest BCUT2D eigenvalue weighted by molar-refractivity contribution is -0.336. The first-order chi connectivity index (χ1) is 15.8. The second kappa shape index (κ2) is 9.55. The number of nitrogens with one attached hydrogen (secondary N) is 1. The van der Waals surface area contributed by atoms with Crippen molar-refractivity contribution in [3.63, 3.8) is 0 Å². The van der Waals surface area contributed by atoms with Gasteiger partial charge >= 0.3 is 13.5 Å². The third kappa shape index (κ3) is 5.53. The fourth-order valence-electron chi connectivity index (χ4n) is 3.48. The van der Waals surface area contributed by atoms with E-state index < -0.39 is 36.7 Å². The van der Waals surface area contributed by atoms with E-state index in [4.69, 9.17) is 9.31 Å². The number of imidazole rings is 1. The summed E-state index contributed by atoms with van der Waals surface area (Å²) in [6.45, 7) is 11.8. The molecule has 0 radical (unpaired) electrons. The molecule has 184 valence electrons. The molecule has 0 bridgehead atoms. The van der Waals surface area contributed by atoms with E-state index in [0.29, 0.717) is 5.65 Å². The van der Waals surface area contributed by atoms with Crippen LogP contribution in [0.1, 0.15) is 58.5 Å². The lowest BCUT2D eigenvalue weighted by Gasteiger charge is -2.32. The topological polar surface area (TPSA) is 74.1 Å². The third-order valence-electron chi connectivity index (χ3n) is 5.87. The minimum absolute atomic E-state index is 0.0657. The van der Waals surface area contributed by atoms with E-state index in [-0.39, 0.29) is 17.8 Å². The largest absolute Gasteiger partial charge is 0.523 e. The Kier molecular flexibility index (Phi) is 7.30. The summed E-state index contributed by atoms with van der Waals surface area (Å²) in [7, 11) is -0.568. The number of carbonyl (C=O) groups excluding carboxylic acids is 1. The van der Waals surface area contributed by atoms with Crippen molar-refractivity contribution in [2.24, 2.45) is 0 Å². The van der Waals surface area contributed by atoms with E-state index in [0.717, 1.165) is 5.46 Å². The van der Waals surface area contributed by atoms with Gasteiger partial charge in [0.1, 0.15) is 11.3 Å². The number of halogens is 3. The third-order valence-corrected chi connectivity index (χ3v) is 5.87. The molecule has 1 saturated heterocycles. The summed E-state index contributed by atoms with van der Waals surface area (Å²) in [4.78, 5) is 17.0. The summed E-state index contributed by atoms with van der Waals surface area (Å²) in [6, 6.07) is 3.55. The van der Waals surface area contributed by atoms with Crippen LogP contribution in [0.4, 0.5) is 13.2 Å². The maximum absolute atomic E-state index is 12.7. The molecule has 3 heterocycles. The highest BCUT2D eigenvalue weighted by Gasteiger charge is 2.51. The number of amides is 1. The Balaban J connectivity index is 0.00000158. The quantitative estimate of drug-likeness (QED) is 0.668. The van der Waals surface area contributed by atoms with E-state index in [9.17, 15) is 18.0 Å². The number of hydrogen-bond acceptors (Lipinski definition) is 5. The van der Waals surface area contributed by atoms with Crippen molar-refractivity contribution < 1.29 is 32.0 Å². The highest BCUT2D eigenvalue weighted by molar-refractivity contribution is 6.62. The van der Waals surface area contributed by atoms with E-state index in [2.05, 4.69) is 15.0 Å². The van der Waals surface area contributed by atoms with Gasteiger partial charge in [0.15, 0.2) is 0 Å². The Labute approximate surface area is 197 Å². The predicted molar refractivity (Wildman–Crippen MR) is 122 cm³/mol. The van der Waals surface area contributed by atoms with Crippen LogP contribution in [0.3, 0.4) is 0 Å². The molecule has 11 heteroatoms. The molecule has 1 aliphatic heterocycles. The second-order valence-corrected chi connectivity index (χ2v) is 8.74. The number of rotatable bonds is 4. The lowest BCUT2D eigenvalue weighted by Crippen LogP contribution is -2.41. The molecule has 0 aromatic carbocycles. The van der Waals surface area contributed by atoms with Crippen LogP contribution < -0.4 is 10.8 Å². The van der Waals surface area contributed by atoms with Gasteiger partial charge in [0.25, 0.3) is 5.91 Å². The molecule has 34 heavy (non-hydrogen) atoms. The van der Waals surface area contributed by atoms with Crippen LogP contribution in [0.5, 0.6) is 0 Å². The minimum Gasteiger partial charge on any atom is -0.399 e. The minimum atomic E-state index is -4.75. The van der Waals surface area contributed by atoms with E-state index >= 15 is 0 Å². The molecule has 1 aliphatic carbocycles. The van der Waals surface area contributed by atoms with Crippen molar-refractivity contribution in [2.45, 2.75) is 71.6 Å². The number of pyridine rings is 1. The molecule has 1 unspecified atom stereocenters. The van der Waals surface area contributed by atoms with Crippen LogP contribution in [0.2, 0.25) is 0 Å². The van der Waals surface area contributed by atoms with Crippen molar-refractivity contribution in [3.05, 3.63) is 54.1 Å². The van der Waals surface area contributed by atoms with Gasteiger partial charge in [0, 0.05) is 11.9 Å². The fourth-order valence-corrected chi connectivity index (χ4v) is 3.48. The van der Waals surface area contributed by atoms with E-state index in [1.54, 1.807) is 22.7 Å². The smallest absolute Gasteiger partial charge is 0.399 e. The fraction of sp³-hybridized carbons (Fsp3) is 0.478. The highest BCUT2D eigenvalue weighted by Crippen LogP contribution is 2.36. The number of fused-ring (bicyclic) bond motifs is 1. The number of allylic oxidation sites excluding steroid dienone is 1. The monoisotopic (exact) mass is 479 g/mol. The van der Waals surface area contributed by atoms with Crippen molar-refractivity contribution in [2.75, 3.05) is 0 Å². The molecule has 0 spiro atoms. The summed E-state index contributed by atoms with van der Waals surface area (Å²) in [5, 5.41) is 2.60. The Morgan fingerprint density at radius 3 is 2.50 bits per heavy atom. The van der Waals surface area contributed by atoms with Crippen molar-refractivity contribution >= 4 is 24.1 Å². The van der Waals surface area contributed by atoms with Gasteiger partial charge in [-0.2, -0.15) is 0 Å². The van der Waals surface area contributed by atoms with Crippen LogP contribution in [0.15, 0.2) is 48.5 Å². The van der Waals surface area contributed by atoms with Crippen LogP contribution in [0, 0.1) is 0 Å². The molecule has 2 aliphatic rings. The Hall–Kier alpha value is -2.63. The zero-order valence-corrected chi connectivity index (χ0v) is 20.1. The first-order valence-corrected chi connectivity index (χ1v) is 11.1. The Morgan fingerprint density at radius 2 is 1.88 bits per heavy atom. The van der Waals surface area contributed by atoms with Gasteiger partial charge in [-0.25, -0.2) is 4.98 Å². The first-order valence-electron chi connectivity index (χ1n) is 11.1. The summed E-state index contributed by atoms with van der Waals surface area (Å²) in [5.74, 6) is -0.510. The molecular weight excluding hydrogens is 450 g/mol. The number of hydrogen-bond donors (Lipinski definition) is 1. The maximum atomic E-state index is 12.7. The van der Waals surface area contributed by atoms with Crippen LogP contribution in [0.25, 0.3) is 5.65 Å². The predicted octanol–water partition coefficient (Wildman–Crippen LogP) is 4.14. The molecule has 1 amide bonds. The Morgan fingerprint density at radius 1 is 1.24 bits per heavy atom. The summed E-state index contributed by atoms with van der Waals surface area (Å²) in [6.07, 6.45) is 1.47. The average molecular weight is 479 g/mol. The average Bonchev–Trinajstić information content (AvgIpc) is 3.25. The van der Waals surface area contributed by atoms with E-state index in [1.165, 1.54) is 24.4 Å². The number of carbonyl (C=O) groups is 1. The standard InChI is InChI=1S/C21H23BF3N3O4.C2H6/c1-19(2)20(3,4)32-22(31-19)13-8-9-28-16(12-26-17(28)10-13)18(29)27-14-6-5-7-15(11-14)30-21(23,24)25;1-2/h5-6,8-12,15H,7H2,1-4H3,(H,27,29);1-2H3. The summed E-state index contributed by atoms with van der Waals surface area (Å²) >= 11 is 0. The van der Waals surface area contributed by atoms with E-state index in [1.807, 2.05) is 41.5 Å². The lowest BCUT2D eigenvalue weighted by atomic mass is 9.80. The van der Waals surface area contributed by atoms with Gasteiger partial charge in [-0.15, -0.1) is 13.2 Å². The molecule has 0 saturated carbocycles. The van der Waals surface area contributed by atoms with Gasteiger partial charge in [-0.05, 0) is 63.9 Å². The highest BCUT2D eigenvalue weighted by atomic mass is 19.4. The molecule has 4 rings (SSSR count). The van der Waals surface area contributed by atoms with Crippen LogP contribution in [-0.2, 0) is 14.0 Å². The first kappa shape index (κ1) is 26.0. The molecule has 1 fully saturated rings. The van der Waals surface area contributed by atoms with Crippen LogP contribution >= 0.6 is 0 Å². The van der Waals surface area contributed by atoms with Crippen LogP contribution in [-0.4, -0.2) is 46.1 Å². The number of alkyl halides is 3. The maximum Gasteiger partial charge on any atom is 0.523 e. The van der Waals surface area contributed by atoms with Crippen molar-refractivity contribution in [3.8, 4) is 0 Å². The van der Waals surface area contributed by atoms with Gasteiger partial charge in [0.05, 0.1) is 23.5 Å². The second-order valence-electron chi connectivity index (χ2n) is 8.74. The SMILES string of the molecule is CC.CC1(C)OB(c2ccn3c(C(=O)NC4=CC(OC(F)(F)F)CC=C4)cnc3c2)OC1(C)C. The normalized spacial score (nSPS) is 21.1. The van der Waals surface area contributed by atoms with Gasteiger partial charge in [-0.1, -0.05) is 19.9 Å². The van der Waals surface area contributed by atoms with Crippen molar-refractivity contribution in [1.29, 1.82) is 0 Å². The molecular formula is C23H29BF3N3O4. The van der Waals surface area contributed by atoms with Crippen molar-refractivity contribution in [1.82, 2.24) is 14.7 Å². The van der Waals surface area contributed by atoms with Gasteiger partial charge < -0.3 is 14.6 Å². The molecule has 1 N–H and O–H groups in total. The zero-order chi connectivity index (χ0) is 25.3. The Bertz CT molecular complexity index is 1090.